The third kappa shape index (κ3) is 3.36. The summed E-state index contributed by atoms with van der Waals surface area (Å²) in [5, 5.41) is 0. The van der Waals surface area contributed by atoms with Crippen molar-refractivity contribution in [1.82, 2.24) is 9.80 Å². The molecule has 0 aliphatic carbocycles. The lowest BCUT2D eigenvalue weighted by molar-refractivity contribution is -0.0721. The van der Waals surface area contributed by atoms with Crippen LogP contribution in [0.1, 0.15) is 46.2 Å². The largest absolute Gasteiger partial charge is 0.440 e. The van der Waals surface area contributed by atoms with Crippen LogP contribution in [0.5, 0.6) is 0 Å². The van der Waals surface area contributed by atoms with Gasteiger partial charge in [0.1, 0.15) is 5.60 Å². The van der Waals surface area contributed by atoms with Crippen LogP contribution in [-0.2, 0) is 9.47 Å². The van der Waals surface area contributed by atoms with Crippen LogP contribution >= 0.6 is 0 Å². The van der Waals surface area contributed by atoms with Crippen molar-refractivity contribution in [2.75, 3.05) is 26.8 Å². The minimum Gasteiger partial charge on any atom is -0.440 e. The number of rotatable bonds is 6. The molecule has 0 unspecified atom stereocenters. The third-order valence-electron chi connectivity index (χ3n) is 6.47. The second-order valence-corrected chi connectivity index (χ2v) is 8.64. The van der Waals surface area contributed by atoms with Gasteiger partial charge in [0.05, 0.1) is 18.7 Å². The van der Waals surface area contributed by atoms with E-state index in [-0.39, 0.29) is 36.1 Å². The number of piperazine rings is 1. The molecule has 3 rings (SSSR count). The number of amides is 1. The molecule has 1 aromatic carbocycles. The summed E-state index contributed by atoms with van der Waals surface area (Å²) in [6.45, 7) is 13.1. The highest BCUT2D eigenvalue weighted by molar-refractivity contribution is 5.72. The van der Waals surface area contributed by atoms with Crippen LogP contribution < -0.4 is 0 Å². The van der Waals surface area contributed by atoms with Crippen molar-refractivity contribution >= 4 is 6.09 Å². The predicted molar refractivity (Wildman–Crippen MR) is 107 cm³/mol. The highest BCUT2D eigenvalue weighted by atomic mass is 16.6. The molecule has 0 spiro atoms. The predicted octanol–water partition coefficient (Wildman–Crippen LogP) is 3.95. The van der Waals surface area contributed by atoms with E-state index in [0.29, 0.717) is 6.61 Å². The quantitative estimate of drug-likeness (QED) is 0.756. The van der Waals surface area contributed by atoms with Crippen molar-refractivity contribution in [3.8, 4) is 0 Å². The molecule has 1 aromatic rings. The first kappa shape index (κ1) is 20.2. The molecule has 5 heteroatoms. The molecule has 0 aromatic heterocycles. The topological polar surface area (TPSA) is 42.0 Å². The van der Waals surface area contributed by atoms with Gasteiger partial charge in [-0.05, 0) is 24.3 Å². The summed E-state index contributed by atoms with van der Waals surface area (Å²) in [4.78, 5) is 17.2. The molecule has 0 N–H and O–H groups in total. The van der Waals surface area contributed by atoms with Crippen molar-refractivity contribution < 1.29 is 14.3 Å². The Morgan fingerprint density at radius 2 is 1.78 bits per heavy atom. The Kier molecular flexibility index (Phi) is 5.82. The summed E-state index contributed by atoms with van der Waals surface area (Å²) in [5.41, 5.74) is 0.795. The summed E-state index contributed by atoms with van der Waals surface area (Å²) in [5.74, 6) is 0.502. The van der Waals surface area contributed by atoms with Crippen LogP contribution in [0, 0.1) is 11.8 Å². The van der Waals surface area contributed by atoms with Gasteiger partial charge < -0.3 is 9.47 Å². The molecule has 3 atom stereocenters. The Balaban J connectivity index is 1.96. The standard InChI is InChI=1S/C22H34N2O3/c1-15(2)22(16(3)4)20-13-23(12-17(5)24(20)21(25)27-22)19(14-26-6)18-10-8-7-9-11-18/h7-11,15-17,19-20H,12-14H2,1-6H3/t17-,19+,20+/m1/s1. The van der Waals surface area contributed by atoms with Crippen molar-refractivity contribution in [3.05, 3.63) is 35.9 Å². The lowest BCUT2D eigenvalue weighted by Gasteiger charge is -2.49. The third-order valence-corrected chi connectivity index (χ3v) is 6.47. The summed E-state index contributed by atoms with van der Waals surface area (Å²) < 4.78 is 11.7. The van der Waals surface area contributed by atoms with E-state index >= 15 is 0 Å². The number of carbonyl (C=O) groups is 1. The molecule has 0 radical (unpaired) electrons. The van der Waals surface area contributed by atoms with E-state index in [1.54, 1.807) is 7.11 Å². The van der Waals surface area contributed by atoms with Crippen LogP contribution in [0.4, 0.5) is 4.79 Å². The molecule has 1 amide bonds. The van der Waals surface area contributed by atoms with Gasteiger partial charge in [-0.15, -0.1) is 0 Å². The number of ether oxygens (including phenoxy) is 2. The molecule has 2 aliphatic rings. The number of benzene rings is 1. The number of fused-ring (bicyclic) bond motifs is 1. The van der Waals surface area contributed by atoms with Crippen molar-refractivity contribution in [2.45, 2.75) is 58.3 Å². The van der Waals surface area contributed by atoms with Crippen molar-refractivity contribution in [3.63, 3.8) is 0 Å². The minimum atomic E-state index is -0.460. The first-order valence-corrected chi connectivity index (χ1v) is 10.1. The number of hydrogen-bond donors (Lipinski definition) is 0. The van der Waals surface area contributed by atoms with Gasteiger partial charge in [0.15, 0.2) is 0 Å². The van der Waals surface area contributed by atoms with Crippen LogP contribution in [0.2, 0.25) is 0 Å². The highest BCUT2D eigenvalue weighted by Gasteiger charge is 2.60. The maximum Gasteiger partial charge on any atom is 0.411 e. The molecule has 27 heavy (non-hydrogen) atoms. The maximum atomic E-state index is 12.8. The average Bonchev–Trinajstić information content (AvgIpc) is 2.94. The molecule has 5 nitrogen and oxygen atoms in total. The number of nitrogens with zero attached hydrogens (tertiary/aromatic N) is 2. The number of carbonyl (C=O) groups excluding carboxylic acids is 1. The second kappa shape index (κ2) is 7.80. The summed E-state index contributed by atoms with van der Waals surface area (Å²) in [6, 6.07) is 10.9. The Hall–Kier alpha value is -1.59. The van der Waals surface area contributed by atoms with E-state index in [1.165, 1.54) is 5.56 Å². The second-order valence-electron chi connectivity index (χ2n) is 8.64. The SMILES string of the molecule is COC[C@@H](c1ccccc1)N1C[C@@H](C)N2C(=O)OC(C(C)C)(C(C)C)[C@@H]2C1. The van der Waals surface area contributed by atoms with Crippen LogP contribution in [-0.4, -0.2) is 60.4 Å². The van der Waals surface area contributed by atoms with Gasteiger partial charge in [-0.25, -0.2) is 4.79 Å². The van der Waals surface area contributed by atoms with E-state index in [9.17, 15) is 4.79 Å². The van der Waals surface area contributed by atoms with Gasteiger partial charge >= 0.3 is 6.09 Å². The van der Waals surface area contributed by atoms with Crippen molar-refractivity contribution in [1.29, 1.82) is 0 Å². The molecule has 2 saturated heterocycles. The highest BCUT2D eigenvalue weighted by Crippen LogP contribution is 2.45. The first-order chi connectivity index (χ1) is 12.8. The average molecular weight is 375 g/mol. The van der Waals surface area contributed by atoms with E-state index in [0.717, 1.165) is 13.1 Å². The Labute approximate surface area is 163 Å². The van der Waals surface area contributed by atoms with Crippen LogP contribution in [0.15, 0.2) is 30.3 Å². The number of cyclic esters (lactones) is 1. The minimum absolute atomic E-state index is 0.0526. The van der Waals surface area contributed by atoms with Gasteiger partial charge in [-0.1, -0.05) is 58.0 Å². The zero-order valence-corrected chi connectivity index (χ0v) is 17.5. The molecule has 150 valence electrons. The summed E-state index contributed by atoms with van der Waals surface area (Å²) in [7, 11) is 1.75. The lowest BCUT2D eigenvalue weighted by atomic mass is 9.73. The fraction of sp³-hybridized carbons (Fsp3) is 0.682. The number of methoxy groups -OCH3 is 1. The van der Waals surface area contributed by atoms with E-state index in [1.807, 2.05) is 11.0 Å². The van der Waals surface area contributed by atoms with Crippen molar-refractivity contribution in [2.24, 2.45) is 11.8 Å². The molecule has 2 fully saturated rings. The Morgan fingerprint density at radius 1 is 1.15 bits per heavy atom. The van der Waals surface area contributed by atoms with Crippen LogP contribution in [0.3, 0.4) is 0 Å². The lowest BCUT2D eigenvalue weighted by Crippen LogP contribution is -2.64. The van der Waals surface area contributed by atoms with E-state index in [4.69, 9.17) is 9.47 Å². The van der Waals surface area contributed by atoms with Gasteiger partial charge in [-0.2, -0.15) is 0 Å². The summed E-state index contributed by atoms with van der Waals surface area (Å²) >= 11 is 0. The van der Waals surface area contributed by atoms with Gasteiger partial charge in [-0.3, -0.25) is 9.80 Å². The monoisotopic (exact) mass is 374 g/mol. The molecule has 0 bridgehead atoms. The smallest absolute Gasteiger partial charge is 0.411 e. The van der Waals surface area contributed by atoms with E-state index in [2.05, 4.69) is 63.8 Å². The first-order valence-electron chi connectivity index (χ1n) is 10.1. The van der Waals surface area contributed by atoms with E-state index < -0.39 is 5.60 Å². The molecule has 0 saturated carbocycles. The summed E-state index contributed by atoms with van der Waals surface area (Å²) in [6.07, 6.45) is -0.155. The number of hydrogen-bond acceptors (Lipinski definition) is 4. The normalized spacial score (nSPS) is 26.4. The van der Waals surface area contributed by atoms with Gasteiger partial charge in [0.2, 0.25) is 0 Å². The molecule has 2 aliphatic heterocycles. The zero-order chi connectivity index (χ0) is 19.8. The Bertz CT molecular complexity index is 638. The van der Waals surface area contributed by atoms with Gasteiger partial charge in [0.25, 0.3) is 0 Å². The Morgan fingerprint density at radius 3 is 2.33 bits per heavy atom. The maximum absolute atomic E-state index is 12.8. The molecular formula is C22H34N2O3. The van der Waals surface area contributed by atoms with Crippen LogP contribution in [0.25, 0.3) is 0 Å². The fourth-order valence-electron chi connectivity index (χ4n) is 5.23. The van der Waals surface area contributed by atoms with Gasteiger partial charge in [0, 0.05) is 26.2 Å². The fourth-order valence-corrected chi connectivity index (χ4v) is 5.23. The molecule has 2 heterocycles. The molecular weight excluding hydrogens is 340 g/mol. The zero-order valence-electron chi connectivity index (χ0n) is 17.5.